The van der Waals surface area contributed by atoms with Gasteiger partial charge in [0, 0.05) is 11.6 Å². The predicted molar refractivity (Wildman–Crippen MR) is 90.5 cm³/mol. The molecular formula is C18H19N3O4. The van der Waals surface area contributed by atoms with Crippen molar-refractivity contribution in [1.29, 1.82) is 0 Å². The number of anilines is 1. The van der Waals surface area contributed by atoms with E-state index in [-0.39, 0.29) is 12.2 Å². The minimum Gasteiger partial charge on any atom is -0.452 e. The third-order valence-electron chi connectivity index (χ3n) is 4.23. The molecule has 7 heteroatoms. The van der Waals surface area contributed by atoms with Gasteiger partial charge in [0.15, 0.2) is 6.61 Å². The van der Waals surface area contributed by atoms with Gasteiger partial charge in [-0.15, -0.1) is 0 Å². The van der Waals surface area contributed by atoms with Crippen LogP contribution in [0.5, 0.6) is 0 Å². The van der Waals surface area contributed by atoms with Gasteiger partial charge in [-0.3, -0.25) is 9.59 Å². The van der Waals surface area contributed by atoms with Crippen LogP contribution in [0, 0.1) is 0 Å². The largest absolute Gasteiger partial charge is 0.452 e. The molecule has 2 aromatic rings. The first-order chi connectivity index (χ1) is 12.2. The Balaban J connectivity index is 1.53. The normalized spacial score (nSPS) is 14.2. The molecule has 0 spiro atoms. The Morgan fingerprint density at radius 2 is 1.92 bits per heavy atom. The molecule has 1 amide bonds. The van der Waals surface area contributed by atoms with Gasteiger partial charge >= 0.3 is 5.97 Å². The van der Waals surface area contributed by atoms with Crippen molar-refractivity contribution in [2.45, 2.75) is 31.7 Å². The van der Waals surface area contributed by atoms with Crippen LogP contribution in [-0.4, -0.2) is 34.6 Å². The van der Waals surface area contributed by atoms with Crippen molar-refractivity contribution in [2.24, 2.45) is 0 Å². The molecule has 25 heavy (non-hydrogen) atoms. The summed E-state index contributed by atoms with van der Waals surface area (Å²) >= 11 is 0. The summed E-state index contributed by atoms with van der Waals surface area (Å²) in [6.45, 7) is -0.385. The van der Waals surface area contributed by atoms with E-state index < -0.39 is 11.9 Å². The third kappa shape index (κ3) is 4.12. The number of aldehydes is 1. The Kier molecular flexibility index (Phi) is 5.23. The first-order valence-corrected chi connectivity index (χ1v) is 8.23. The van der Waals surface area contributed by atoms with Crippen LogP contribution >= 0.6 is 0 Å². The van der Waals surface area contributed by atoms with Crippen LogP contribution in [0.2, 0.25) is 0 Å². The molecule has 3 rings (SSSR count). The van der Waals surface area contributed by atoms with E-state index >= 15 is 0 Å². The molecule has 0 bridgehead atoms. The molecule has 0 atom stereocenters. The fraction of sp³-hybridized carbons (Fsp3) is 0.333. The van der Waals surface area contributed by atoms with Gasteiger partial charge in [-0.05, 0) is 25.0 Å². The van der Waals surface area contributed by atoms with Crippen LogP contribution < -0.4 is 5.32 Å². The van der Waals surface area contributed by atoms with E-state index in [4.69, 9.17) is 4.74 Å². The number of hydrogen-bond donors (Lipinski definition) is 1. The Morgan fingerprint density at radius 1 is 1.20 bits per heavy atom. The number of carbonyl (C=O) groups is 3. The molecule has 1 fully saturated rings. The summed E-state index contributed by atoms with van der Waals surface area (Å²) < 4.78 is 6.83. The molecule has 0 saturated heterocycles. The quantitative estimate of drug-likeness (QED) is 0.644. The van der Waals surface area contributed by atoms with Gasteiger partial charge in [0.1, 0.15) is 12.1 Å². The van der Waals surface area contributed by atoms with Crippen molar-refractivity contribution in [3.05, 3.63) is 47.7 Å². The van der Waals surface area contributed by atoms with Crippen LogP contribution in [0.15, 0.2) is 36.5 Å². The maximum atomic E-state index is 12.0. The van der Waals surface area contributed by atoms with Gasteiger partial charge in [0.05, 0.1) is 17.8 Å². The van der Waals surface area contributed by atoms with E-state index in [1.807, 2.05) is 4.68 Å². The van der Waals surface area contributed by atoms with E-state index in [1.54, 1.807) is 12.3 Å². The van der Waals surface area contributed by atoms with Crippen LogP contribution in [0.25, 0.3) is 0 Å². The number of nitrogens with zero attached hydrogens (tertiary/aromatic N) is 2. The molecule has 130 valence electrons. The number of rotatable bonds is 6. The van der Waals surface area contributed by atoms with Crippen LogP contribution in [-0.2, 0) is 9.53 Å². The van der Waals surface area contributed by atoms with Crippen LogP contribution in [0.4, 0.5) is 5.82 Å². The minimum atomic E-state index is -0.614. The molecule has 1 aromatic carbocycles. The fourth-order valence-electron chi connectivity index (χ4n) is 2.94. The highest BCUT2D eigenvalue weighted by atomic mass is 16.5. The number of amides is 1. The van der Waals surface area contributed by atoms with Gasteiger partial charge in [-0.1, -0.05) is 25.0 Å². The van der Waals surface area contributed by atoms with Gasteiger partial charge < -0.3 is 10.1 Å². The number of aromatic nitrogens is 2. The highest BCUT2D eigenvalue weighted by Gasteiger charge is 2.20. The zero-order valence-electron chi connectivity index (χ0n) is 13.7. The average molecular weight is 341 g/mol. The number of ether oxygens (including phenoxy) is 1. The third-order valence-corrected chi connectivity index (χ3v) is 4.23. The maximum absolute atomic E-state index is 12.0. The highest BCUT2D eigenvalue weighted by Crippen LogP contribution is 2.31. The molecule has 1 N–H and O–H groups in total. The lowest BCUT2D eigenvalue weighted by Crippen LogP contribution is -2.23. The monoisotopic (exact) mass is 341 g/mol. The topological polar surface area (TPSA) is 90.3 Å². The molecule has 0 aliphatic heterocycles. The Bertz CT molecular complexity index is 761. The zero-order chi connectivity index (χ0) is 17.6. The summed E-state index contributed by atoms with van der Waals surface area (Å²) in [6, 6.07) is 8.05. The Morgan fingerprint density at radius 3 is 2.60 bits per heavy atom. The summed E-state index contributed by atoms with van der Waals surface area (Å²) in [6.07, 6.45) is 6.77. The molecule has 7 nitrogen and oxygen atoms in total. The van der Waals surface area contributed by atoms with Gasteiger partial charge in [0.25, 0.3) is 5.91 Å². The van der Waals surface area contributed by atoms with Crippen molar-refractivity contribution in [3.8, 4) is 0 Å². The number of carbonyl (C=O) groups excluding carboxylic acids is 3. The summed E-state index contributed by atoms with van der Waals surface area (Å²) in [7, 11) is 0. The zero-order valence-corrected chi connectivity index (χ0v) is 13.7. The number of esters is 1. The lowest BCUT2D eigenvalue weighted by atomic mass is 10.1. The highest BCUT2D eigenvalue weighted by molar-refractivity contribution is 5.95. The number of hydrogen-bond acceptors (Lipinski definition) is 5. The Hall–Kier alpha value is -2.96. The second-order valence-corrected chi connectivity index (χ2v) is 5.96. The molecular weight excluding hydrogens is 322 g/mol. The van der Waals surface area contributed by atoms with E-state index in [9.17, 15) is 14.4 Å². The first kappa shape index (κ1) is 16.9. The van der Waals surface area contributed by atoms with Gasteiger partial charge in [0.2, 0.25) is 0 Å². The second-order valence-electron chi connectivity index (χ2n) is 5.96. The summed E-state index contributed by atoms with van der Waals surface area (Å²) in [5.41, 5.74) is 0.754. The summed E-state index contributed by atoms with van der Waals surface area (Å²) in [5, 5.41) is 7.01. The van der Waals surface area contributed by atoms with Crippen molar-refractivity contribution in [3.63, 3.8) is 0 Å². The van der Waals surface area contributed by atoms with E-state index in [1.165, 1.54) is 37.1 Å². The smallest absolute Gasteiger partial charge is 0.338 e. The molecule has 1 aromatic heterocycles. The number of benzene rings is 1. The SMILES string of the molecule is O=Cc1ccc(C(=O)OCC(=O)Nc2ccnn2C2CCCC2)cc1. The molecule has 0 radical (unpaired) electrons. The predicted octanol–water partition coefficient (Wildman–Crippen LogP) is 2.61. The molecule has 1 aliphatic carbocycles. The van der Waals surface area contributed by atoms with Crippen molar-refractivity contribution in [2.75, 3.05) is 11.9 Å². The lowest BCUT2D eigenvalue weighted by molar-refractivity contribution is -0.119. The molecule has 0 unspecified atom stereocenters. The van der Waals surface area contributed by atoms with Crippen LogP contribution in [0.1, 0.15) is 52.4 Å². The molecule has 1 heterocycles. The van der Waals surface area contributed by atoms with E-state index in [0.29, 0.717) is 23.7 Å². The van der Waals surface area contributed by atoms with Gasteiger partial charge in [-0.2, -0.15) is 5.10 Å². The minimum absolute atomic E-state index is 0.286. The average Bonchev–Trinajstić information content (AvgIpc) is 3.31. The standard InChI is InChI=1S/C18H19N3O4/c22-11-13-5-7-14(8-6-13)18(24)25-12-17(23)20-16-9-10-19-21(16)15-3-1-2-4-15/h5-11,15H,1-4,12H2,(H,20,23). The van der Waals surface area contributed by atoms with Gasteiger partial charge in [-0.25, -0.2) is 9.48 Å². The fourth-order valence-corrected chi connectivity index (χ4v) is 2.94. The molecule has 1 aliphatic rings. The Labute approximate surface area is 145 Å². The van der Waals surface area contributed by atoms with Crippen molar-refractivity contribution in [1.82, 2.24) is 9.78 Å². The van der Waals surface area contributed by atoms with Crippen LogP contribution in [0.3, 0.4) is 0 Å². The van der Waals surface area contributed by atoms with Crippen molar-refractivity contribution < 1.29 is 19.1 Å². The summed E-state index contributed by atoms with van der Waals surface area (Å²) in [5.74, 6) is -0.419. The first-order valence-electron chi connectivity index (χ1n) is 8.23. The maximum Gasteiger partial charge on any atom is 0.338 e. The number of nitrogens with one attached hydrogen (secondary N) is 1. The summed E-state index contributed by atoms with van der Waals surface area (Å²) in [4.78, 5) is 34.6. The lowest BCUT2D eigenvalue weighted by Gasteiger charge is -2.14. The second kappa shape index (κ2) is 7.74. The van der Waals surface area contributed by atoms with E-state index in [2.05, 4.69) is 10.4 Å². The van der Waals surface area contributed by atoms with E-state index in [0.717, 1.165) is 12.8 Å². The molecule has 1 saturated carbocycles. The van der Waals surface area contributed by atoms with Crippen molar-refractivity contribution >= 4 is 24.0 Å².